The van der Waals surface area contributed by atoms with Crippen molar-refractivity contribution < 1.29 is 0 Å². The van der Waals surface area contributed by atoms with Gasteiger partial charge in [-0.3, -0.25) is 0 Å². The van der Waals surface area contributed by atoms with Crippen LogP contribution in [-0.2, 0) is 6.54 Å². The molecule has 3 nitrogen and oxygen atoms in total. The van der Waals surface area contributed by atoms with E-state index in [1.807, 2.05) is 12.5 Å². The SMILES string of the molecule is CCCn1cncc1C1CC(C)NC1C. The van der Waals surface area contributed by atoms with Crippen LogP contribution in [0.25, 0.3) is 0 Å². The van der Waals surface area contributed by atoms with Crippen molar-refractivity contribution in [2.75, 3.05) is 0 Å². The molecule has 3 heteroatoms. The minimum Gasteiger partial charge on any atom is -0.334 e. The van der Waals surface area contributed by atoms with Crippen LogP contribution in [0.1, 0.15) is 45.2 Å². The van der Waals surface area contributed by atoms with Gasteiger partial charge >= 0.3 is 0 Å². The molecule has 1 aliphatic rings. The van der Waals surface area contributed by atoms with E-state index in [0.29, 0.717) is 18.0 Å². The van der Waals surface area contributed by atoms with Crippen LogP contribution >= 0.6 is 0 Å². The van der Waals surface area contributed by atoms with Crippen molar-refractivity contribution in [3.05, 3.63) is 18.2 Å². The second-order valence-corrected chi connectivity index (χ2v) is 4.71. The lowest BCUT2D eigenvalue weighted by Gasteiger charge is -2.16. The van der Waals surface area contributed by atoms with E-state index in [1.54, 1.807) is 0 Å². The minimum atomic E-state index is 0.576. The van der Waals surface area contributed by atoms with Crippen molar-refractivity contribution in [2.45, 2.75) is 58.2 Å². The molecule has 15 heavy (non-hydrogen) atoms. The maximum Gasteiger partial charge on any atom is 0.0948 e. The molecule has 0 aromatic carbocycles. The number of hydrogen-bond acceptors (Lipinski definition) is 2. The molecule has 3 unspecified atom stereocenters. The maximum absolute atomic E-state index is 4.28. The maximum atomic E-state index is 4.28. The molecular formula is C12H21N3. The Labute approximate surface area is 91.9 Å². The summed E-state index contributed by atoms with van der Waals surface area (Å²) in [6.45, 7) is 7.84. The number of hydrogen-bond donors (Lipinski definition) is 1. The molecule has 1 fully saturated rings. The molecular weight excluding hydrogens is 186 g/mol. The molecule has 0 amide bonds. The summed E-state index contributed by atoms with van der Waals surface area (Å²) < 4.78 is 2.31. The third kappa shape index (κ3) is 2.07. The van der Waals surface area contributed by atoms with Crippen LogP contribution in [0.15, 0.2) is 12.5 Å². The molecule has 0 aliphatic carbocycles. The zero-order valence-electron chi connectivity index (χ0n) is 9.90. The third-order valence-electron chi connectivity index (χ3n) is 3.35. The Morgan fingerprint density at radius 2 is 2.33 bits per heavy atom. The van der Waals surface area contributed by atoms with Crippen molar-refractivity contribution in [1.29, 1.82) is 0 Å². The molecule has 2 heterocycles. The zero-order valence-corrected chi connectivity index (χ0v) is 9.90. The lowest BCUT2D eigenvalue weighted by molar-refractivity contribution is 0.537. The lowest BCUT2D eigenvalue weighted by Crippen LogP contribution is -2.26. The van der Waals surface area contributed by atoms with E-state index in [2.05, 4.69) is 35.6 Å². The summed E-state index contributed by atoms with van der Waals surface area (Å²) in [4.78, 5) is 4.28. The first-order valence-corrected chi connectivity index (χ1v) is 5.98. The van der Waals surface area contributed by atoms with Crippen LogP contribution in [0.3, 0.4) is 0 Å². The molecule has 3 atom stereocenters. The summed E-state index contributed by atoms with van der Waals surface area (Å²) in [7, 11) is 0. The Hall–Kier alpha value is -0.830. The van der Waals surface area contributed by atoms with Gasteiger partial charge in [-0.15, -0.1) is 0 Å². The molecule has 1 aromatic rings. The number of aryl methyl sites for hydroxylation is 1. The summed E-state index contributed by atoms with van der Waals surface area (Å²) in [5.74, 6) is 0.633. The van der Waals surface area contributed by atoms with Crippen molar-refractivity contribution in [1.82, 2.24) is 14.9 Å². The second kappa shape index (κ2) is 4.35. The highest BCUT2D eigenvalue weighted by Crippen LogP contribution is 2.30. The van der Waals surface area contributed by atoms with Crippen molar-refractivity contribution in [2.24, 2.45) is 0 Å². The Morgan fingerprint density at radius 3 is 2.93 bits per heavy atom. The predicted molar refractivity (Wildman–Crippen MR) is 61.9 cm³/mol. The average Bonchev–Trinajstić information content (AvgIpc) is 2.73. The first kappa shape index (κ1) is 10.7. The van der Waals surface area contributed by atoms with E-state index in [0.717, 1.165) is 6.54 Å². The zero-order chi connectivity index (χ0) is 10.8. The van der Waals surface area contributed by atoms with Gasteiger partial charge in [-0.1, -0.05) is 6.92 Å². The summed E-state index contributed by atoms with van der Waals surface area (Å²) >= 11 is 0. The quantitative estimate of drug-likeness (QED) is 0.823. The van der Waals surface area contributed by atoms with Crippen LogP contribution in [0.4, 0.5) is 0 Å². The van der Waals surface area contributed by atoms with Crippen LogP contribution in [0.5, 0.6) is 0 Å². The minimum absolute atomic E-state index is 0.576. The van der Waals surface area contributed by atoms with E-state index in [-0.39, 0.29) is 0 Å². The van der Waals surface area contributed by atoms with E-state index in [4.69, 9.17) is 0 Å². The number of aromatic nitrogens is 2. The summed E-state index contributed by atoms with van der Waals surface area (Å²) in [6, 6.07) is 1.21. The first-order valence-electron chi connectivity index (χ1n) is 5.98. The van der Waals surface area contributed by atoms with Crippen LogP contribution in [0.2, 0.25) is 0 Å². The monoisotopic (exact) mass is 207 g/mol. The van der Waals surface area contributed by atoms with Gasteiger partial charge in [0.25, 0.3) is 0 Å². The van der Waals surface area contributed by atoms with Gasteiger partial charge in [-0.05, 0) is 26.7 Å². The largest absolute Gasteiger partial charge is 0.334 e. The van der Waals surface area contributed by atoms with E-state index < -0.39 is 0 Å². The molecule has 2 rings (SSSR count). The highest BCUT2D eigenvalue weighted by molar-refractivity contribution is 5.13. The number of nitrogens with zero attached hydrogens (tertiary/aromatic N) is 2. The van der Waals surface area contributed by atoms with Gasteiger partial charge in [0.15, 0.2) is 0 Å². The Balaban J connectivity index is 2.17. The first-order chi connectivity index (χ1) is 7.22. The van der Waals surface area contributed by atoms with Gasteiger partial charge in [-0.2, -0.15) is 0 Å². The molecule has 0 spiro atoms. The van der Waals surface area contributed by atoms with Crippen molar-refractivity contribution in [3.63, 3.8) is 0 Å². The molecule has 1 aliphatic heterocycles. The molecule has 84 valence electrons. The van der Waals surface area contributed by atoms with Gasteiger partial charge < -0.3 is 9.88 Å². The summed E-state index contributed by atoms with van der Waals surface area (Å²) in [6.07, 6.45) is 6.41. The van der Waals surface area contributed by atoms with Crippen LogP contribution in [-0.4, -0.2) is 21.6 Å². The predicted octanol–water partition coefficient (Wildman–Crippen LogP) is 2.15. The van der Waals surface area contributed by atoms with Crippen LogP contribution < -0.4 is 5.32 Å². The van der Waals surface area contributed by atoms with Gasteiger partial charge in [0.05, 0.1) is 6.33 Å². The van der Waals surface area contributed by atoms with Gasteiger partial charge in [0, 0.05) is 36.4 Å². The number of imidazole rings is 1. The average molecular weight is 207 g/mol. The van der Waals surface area contributed by atoms with Crippen molar-refractivity contribution in [3.8, 4) is 0 Å². The fourth-order valence-corrected chi connectivity index (χ4v) is 2.66. The van der Waals surface area contributed by atoms with Gasteiger partial charge in [0.2, 0.25) is 0 Å². The van der Waals surface area contributed by atoms with Crippen molar-refractivity contribution >= 4 is 0 Å². The van der Waals surface area contributed by atoms with Gasteiger partial charge in [0.1, 0.15) is 0 Å². The normalized spacial score (nSPS) is 31.0. The Kier molecular flexibility index (Phi) is 3.10. The summed E-state index contributed by atoms with van der Waals surface area (Å²) in [5.41, 5.74) is 1.40. The standard InChI is InChI=1S/C12H21N3/c1-4-5-15-8-13-7-12(15)11-6-9(2)14-10(11)3/h7-11,14H,4-6H2,1-3H3. The molecule has 1 N–H and O–H groups in total. The van der Waals surface area contributed by atoms with E-state index in [1.165, 1.54) is 18.5 Å². The topological polar surface area (TPSA) is 29.9 Å². The molecule has 0 saturated carbocycles. The fourth-order valence-electron chi connectivity index (χ4n) is 2.66. The van der Waals surface area contributed by atoms with Crippen LogP contribution in [0, 0.1) is 0 Å². The van der Waals surface area contributed by atoms with Gasteiger partial charge in [-0.25, -0.2) is 4.98 Å². The molecule has 0 radical (unpaired) electrons. The lowest BCUT2D eigenvalue weighted by atomic mass is 9.97. The Morgan fingerprint density at radius 1 is 1.53 bits per heavy atom. The Bertz CT molecular complexity index is 318. The van der Waals surface area contributed by atoms with E-state index in [9.17, 15) is 0 Å². The number of nitrogens with one attached hydrogen (secondary N) is 1. The summed E-state index contributed by atoms with van der Waals surface area (Å²) in [5, 5.41) is 3.58. The van der Waals surface area contributed by atoms with E-state index >= 15 is 0 Å². The molecule has 1 aromatic heterocycles. The molecule has 0 bridgehead atoms. The highest BCUT2D eigenvalue weighted by atomic mass is 15.1. The number of rotatable bonds is 3. The fraction of sp³-hybridized carbons (Fsp3) is 0.750. The molecule has 1 saturated heterocycles. The smallest absolute Gasteiger partial charge is 0.0948 e. The highest BCUT2D eigenvalue weighted by Gasteiger charge is 2.31. The second-order valence-electron chi connectivity index (χ2n) is 4.71. The third-order valence-corrected chi connectivity index (χ3v) is 3.35.